The van der Waals surface area contributed by atoms with Crippen molar-refractivity contribution in [3.8, 4) is 0 Å². The molecular weight excluding hydrogens is 1550 g/mol. The molecule has 3 aromatic carbocycles. The monoisotopic (exact) mass is 1660 g/mol. The van der Waals surface area contributed by atoms with Gasteiger partial charge in [0.1, 0.15) is 40.7 Å². The molecule has 0 radical (unpaired) electrons. The second-order valence-electron chi connectivity index (χ2n) is 34.0. The third-order valence-corrected chi connectivity index (χ3v) is 24.7. The standard InChI is InChI=1S/C40H49N11O5.C25H27N5O5.C23H36N4O3/c1-26-21-28(22-29-25-44-48-34(26)29)24-32(46-38(54)51-15-8-40(9-16-51)31-3-2-10-43-35(31)47-39(55)56-40)36(52)45-33(23-27-4-11-41-12-5-27)37(53)50-19-17-49(18-20-50)30-6-13-42-14-7-30;1-15-11-16(12-17-14-26-29-21(15)17)13-20(22(31)34-2)27-23(32)30-9-7-25(8-10-30)18-5-3-4-6-19(18)28-24(33)35-25;1-23(2,3)30-22(29)18-6-4-17(5-7-18)16-20(24)21(28)27-14-12-26(13-15-27)19-8-10-25-11-9-19/h2-3,6-7,10,13-14,21-22,25,27,32-33,41H,4-5,8-9,11-12,15-20,23-24H2,1H3,(H,44,48)(H,45,52)(H,46,54)(H,43,47,55);3-6,11-12,14,20H,7-10,13H2,1-2H3,(H,26,29)(H,27,32)(H,28,33);8-11,17-18,20H,4-7,12-16,24H2,1-3H3/t32-,33+;20-;17?,18?,20-/m110/s1. The molecule has 5 saturated heterocycles. The largest absolute Gasteiger partial charge is 0.467 e. The van der Waals surface area contributed by atoms with Gasteiger partial charge in [0.05, 0.1) is 48.2 Å². The number of carbonyl (C=O) groups excluding carboxylic acids is 9. The van der Waals surface area contributed by atoms with Crippen molar-refractivity contribution in [2.24, 2.45) is 23.5 Å². The van der Waals surface area contributed by atoms with Gasteiger partial charge >= 0.3 is 36.2 Å². The lowest BCUT2D eigenvalue weighted by Gasteiger charge is -2.44. The molecule has 0 unspecified atom stereocenters. The first-order valence-corrected chi connectivity index (χ1v) is 42.3. The summed E-state index contributed by atoms with van der Waals surface area (Å²) in [6.07, 6.45) is 19.9. The topological polar surface area (TPSA) is 404 Å². The van der Waals surface area contributed by atoms with Crippen molar-refractivity contribution in [2.45, 2.75) is 165 Å². The third-order valence-electron chi connectivity index (χ3n) is 24.7. The number of likely N-dealkylation sites (tertiary alicyclic amines) is 2. The van der Waals surface area contributed by atoms with Crippen LogP contribution in [-0.2, 0) is 67.0 Å². The van der Waals surface area contributed by atoms with Gasteiger partial charge in [0.15, 0.2) is 0 Å². The maximum absolute atomic E-state index is 14.5. The number of aryl methyl sites for hydroxylation is 2. The van der Waals surface area contributed by atoms with Crippen molar-refractivity contribution in [3.63, 3.8) is 0 Å². The van der Waals surface area contributed by atoms with Crippen LogP contribution in [0.4, 0.5) is 42.1 Å². The van der Waals surface area contributed by atoms with E-state index in [0.717, 1.165) is 137 Å². The van der Waals surface area contributed by atoms with E-state index in [1.165, 1.54) is 7.11 Å². The van der Waals surface area contributed by atoms with Gasteiger partial charge in [0.25, 0.3) is 0 Å². The minimum atomic E-state index is -0.976. The highest BCUT2D eigenvalue weighted by Gasteiger charge is 2.48. The molecule has 121 heavy (non-hydrogen) atoms. The Morgan fingerprint density at radius 3 is 1.60 bits per heavy atom. The molecule has 5 aromatic heterocycles. The molecule has 10 N–H and O–H groups in total. The van der Waals surface area contributed by atoms with Crippen LogP contribution < -0.4 is 47.4 Å². The van der Waals surface area contributed by atoms with Crippen LogP contribution in [0.1, 0.15) is 131 Å². The van der Waals surface area contributed by atoms with Crippen molar-refractivity contribution < 1.29 is 62.1 Å². The zero-order valence-corrected chi connectivity index (χ0v) is 69.8. The number of pyridine rings is 3. The van der Waals surface area contributed by atoms with E-state index in [2.05, 4.69) is 77.0 Å². The summed E-state index contributed by atoms with van der Waals surface area (Å²) in [7, 11) is 1.31. The summed E-state index contributed by atoms with van der Waals surface area (Å²) in [6, 6.07) is 23.3. The van der Waals surface area contributed by atoms with E-state index >= 15 is 0 Å². The second kappa shape index (κ2) is 38.2. The molecule has 1 aliphatic carbocycles. The second-order valence-corrected chi connectivity index (χ2v) is 34.0. The fraction of sp³-hybridized carbons (Fsp3) is 0.500. The van der Waals surface area contributed by atoms with E-state index in [1.54, 1.807) is 59.2 Å². The number of piperazine rings is 2. The number of amides is 9. The fourth-order valence-corrected chi connectivity index (χ4v) is 18.2. The SMILES string of the molecule is CC(C)(C)OC(=O)C1CCC(C[C@H](N)C(=O)N2CCN(c3ccncc3)CC2)CC1.COC(=O)[C@@H](Cc1cc(C)c2[nH]ncc2c1)NC(=O)N1CCC2(CC1)OC(=O)Nc1ccccc12.Cc1cc(C[C@@H](NC(=O)N2CCC3(CC2)OC(=O)Nc2ncccc23)C(=O)N[C@@H](CC2CCNCC2)C(=O)N2CCN(c3ccncc3)CC2)cc2cn[nH]c12. The number of aromatic nitrogens is 7. The molecule has 642 valence electrons. The molecule has 33 nitrogen and oxygen atoms in total. The number of carbonyl (C=O) groups is 9. The molecular formula is C88H112N20O13. The number of anilines is 4. The zero-order valence-electron chi connectivity index (χ0n) is 69.8. The fourth-order valence-electron chi connectivity index (χ4n) is 18.2. The Morgan fingerprint density at radius 2 is 1.05 bits per heavy atom. The Bertz CT molecular complexity index is 4980. The van der Waals surface area contributed by atoms with Gasteiger partial charge in [-0.05, 0) is 188 Å². The van der Waals surface area contributed by atoms with Crippen molar-refractivity contribution in [1.82, 2.24) is 76.2 Å². The van der Waals surface area contributed by atoms with Crippen LogP contribution in [0, 0.1) is 31.6 Å². The Kier molecular flexibility index (Phi) is 26.9. The molecule has 12 heterocycles. The highest BCUT2D eigenvalue weighted by Crippen LogP contribution is 2.45. The van der Waals surface area contributed by atoms with Crippen LogP contribution in [-0.4, -0.2) is 237 Å². The van der Waals surface area contributed by atoms with Gasteiger partial charge in [-0.2, -0.15) is 10.2 Å². The number of nitrogens with zero attached hydrogens (tertiary/aromatic N) is 11. The van der Waals surface area contributed by atoms with E-state index < -0.39 is 71.1 Å². The van der Waals surface area contributed by atoms with E-state index in [4.69, 9.17) is 24.7 Å². The average molecular weight is 1660 g/mol. The number of methoxy groups -OCH3 is 1. The maximum Gasteiger partial charge on any atom is 0.413 e. The number of aromatic amines is 2. The lowest BCUT2D eigenvalue weighted by Crippen LogP contribution is -2.59. The summed E-state index contributed by atoms with van der Waals surface area (Å²) in [6.45, 7) is 18.1. The molecule has 7 aliphatic heterocycles. The highest BCUT2D eigenvalue weighted by atomic mass is 16.6. The lowest BCUT2D eigenvalue weighted by molar-refractivity contribution is -0.161. The number of nitrogens with one attached hydrogen (secondary N) is 8. The van der Waals surface area contributed by atoms with Crippen molar-refractivity contribution in [1.29, 1.82) is 0 Å². The number of piperidine rings is 3. The van der Waals surface area contributed by atoms with Gasteiger partial charge in [-0.25, -0.2) is 29.0 Å². The number of ether oxygens (including phenoxy) is 4. The van der Waals surface area contributed by atoms with Crippen LogP contribution in [0.5, 0.6) is 0 Å². The van der Waals surface area contributed by atoms with Gasteiger partial charge in [0, 0.05) is 181 Å². The number of benzene rings is 3. The van der Waals surface area contributed by atoms with Crippen molar-refractivity contribution in [2.75, 3.05) is 119 Å². The number of para-hydroxylation sites is 1. The molecule has 4 atom stereocenters. The van der Waals surface area contributed by atoms with Crippen molar-refractivity contribution in [3.05, 3.63) is 162 Å². The number of rotatable bonds is 18. The smallest absolute Gasteiger partial charge is 0.413 e. The van der Waals surface area contributed by atoms with Gasteiger partial charge in [0.2, 0.25) is 17.7 Å². The summed E-state index contributed by atoms with van der Waals surface area (Å²) >= 11 is 0. The Balaban J connectivity index is 0.000000159. The molecule has 16 rings (SSSR count). The van der Waals surface area contributed by atoms with Gasteiger partial charge in [-0.3, -0.25) is 50.0 Å². The molecule has 8 aromatic rings. The van der Waals surface area contributed by atoms with E-state index in [1.807, 2.05) is 123 Å². The molecule has 9 amide bonds. The first-order valence-electron chi connectivity index (χ1n) is 42.3. The first-order chi connectivity index (χ1) is 58.3. The number of urea groups is 2. The van der Waals surface area contributed by atoms with E-state index in [-0.39, 0.29) is 48.5 Å². The van der Waals surface area contributed by atoms with E-state index in [9.17, 15) is 43.2 Å². The summed E-state index contributed by atoms with van der Waals surface area (Å²) in [5.74, 6) is 0.0613. The van der Waals surface area contributed by atoms with Crippen LogP contribution in [0.25, 0.3) is 21.8 Å². The Hall–Kier alpha value is -12.0. The lowest BCUT2D eigenvalue weighted by atomic mass is 9.79. The van der Waals surface area contributed by atoms with Gasteiger partial charge < -0.3 is 75.3 Å². The number of fused-ring (bicyclic) bond motifs is 6. The Labute approximate surface area is 703 Å². The summed E-state index contributed by atoms with van der Waals surface area (Å²) in [4.78, 5) is 142. The molecule has 8 aliphatic rings. The van der Waals surface area contributed by atoms with Gasteiger partial charge in [-0.15, -0.1) is 0 Å². The Morgan fingerprint density at radius 1 is 0.554 bits per heavy atom. The minimum Gasteiger partial charge on any atom is -0.467 e. The summed E-state index contributed by atoms with van der Waals surface area (Å²) in [5, 5.41) is 33.9. The zero-order chi connectivity index (χ0) is 85.0. The van der Waals surface area contributed by atoms with Crippen LogP contribution in [0.3, 0.4) is 0 Å². The predicted octanol–water partition coefficient (Wildman–Crippen LogP) is 8.87. The number of H-pyrrole nitrogens is 2. The quantitative estimate of drug-likeness (QED) is 0.0286. The average Bonchev–Trinajstić information content (AvgIpc) is 1.23. The van der Waals surface area contributed by atoms with Gasteiger partial charge in [-0.1, -0.05) is 30.3 Å². The summed E-state index contributed by atoms with van der Waals surface area (Å²) < 4.78 is 22.1. The molecule has 33 heteroatoms. The van der Waals surface area contributed by atoms with Crippen LogP contribution in [0.2, 0.25) is 0 Å². The molecule has 1 saturated carbocycles. The van der Waals surface area contributed by atoms with E-state index in [0.29, 0.717) is 116 Å². The molecule has 6 fully saturated rings. The van der Waals surface area contributed by atoms with Crippen LogP contribution in [0.15, 0.2) is 128 Å². The molecule has 2 spiro atoms. The third kappa shape index (κ3) is 20.9. The minimum absolute atomic E-state index is 0.0198. The summed E-state index contributed by atoms with van der Waals surface area (Å²) in [5.41, 5.74) is 14.4. The maximum atomic E-state index is 14.5. The number of hydrogen-bond donors (Lipinski definition) is 9. The number of esters is 2. The predicted molar refractivity (Wildman–Crippen MR) is 454 cm³/mol. The number of hydrogen-bond acceptors (Lipinski definition) is 22. The first kappa shape index (κ1) is 85.4. The molecule has 0 bridgehead atoms. The highest BCUT2D eigenvalue weighted by molar-refractivity contribution is 5.94. The van der Waals surface area contributed by atoms with Crippen LogP contribution >= 0.6 is 0 Å². The normalized spacial score (nSPS) is 19.9. The number of nitrogens with two attached hydrogens (primary N) is 1. The van der Waals surface area contributed by atoms with Crippen molar-refractivity contribution >= 4 is 98.6 Å².